The van der Waals surface area contributed by atoms with Crippen molar-refractivity contribution >= 4 is 16.8 Å². The molecule has 0 spiro atoms. The second-order valence-electron chi connectivity index (χ2n) is 6.63. The van der Waals surface area contributed by atoms with Gasteiger partial charge in [0.1, 0.15) is 12.9 Å². The van der Waals surface area contributed by atoms with E-state index >= 15 is 0 Å². The van der Waals surface area contributed by atoms with Crippen LogP contribution >= 0.6 is 0 Å². The Bertz CT molecular complexity index is 888. The van der Waals surface area contributed by atoms with E-state index in [1.165, 1.54) is 5.56 Å². The van der Waals surface area contributed by atoms with Crippen LogP contribution in [-0.2, 0) is 18.4 Å². The van der Waals surface area contributed by atoms with Gasteiger partial charge in [0, 0.05) is 43.8 Å². The van der Waals surface area contributed by atoms with Crippen LogP contribution in [0.25, 0.3) is 22.3 Å². The zero-order valence-electron chi connectivity index (χ0n) is 14.8. The topological polar surface area (TPSA) is 56.0 Å². The number of hydrogen-bond acceptors (Lipinski definition) is 3. The van der Waals surface area contributed by atoms with Gasteiger partial charge < -0.3 is 9.47 Å². The zero-order valence-corrected chi connectivity index (χ0v) is 14.8. The van der Waals surface area contributed by atoms with Gasteiger partial charge in [0.15, 0.2) is 5.82 Å². The number of aromatic nitrogens is 4. The number of fused-ring (bicyclic) bond motifs is 1. The lowest BCUT2D eigenvalue weighted by molar-refractivity contribution is -0.129. The number of rotatable bonds is 4. The molecule has 126 valence electrons. The van der Waals surface area contributed by atoms with E-state index in [0.29, 0.717) is 18.3 Å². The second kappa shape index (κ2) is 6.11. The maximum absolute atomic E-state index is 12.1. The SMILES string of the molecule is CC(C)c1cn(CC(=O)N(C)C)c2ccc(-c3ncn(C)n3)cc12. The van der Waals surface area contributed by atoms with Crippen molar-refractivity contribution in [2.75, 3.05) is 14.1 Å². The third kappa shape index (κ3) is 2.91. The summed E-state index contributed by atoms with van der Waals surface area (Å²) in [7, 11) is 5.42. The van der Waals surface area contributed by atoms with E-state index < -0.39 is 0 Å². The van der Waals surface area contributed by atoms with Crippen molar-refractivity contribution in [3.05, 3.63) is 36.3 Å². The molecular formula is C18H23N5O. The van der Waals surface area contributed by atoms with Crippen molar-refractivity contribution in [3.8, 4) is 11.4 Å². The lowest BCUT2D eigenvalue weighted by Gasteiger charge is -2.11. The minimum atomic E-state index is 0.0812. The highest BCUT2D eigenvalue weighted by Gasteiger charge is 2.16. The standard InChI is InChI=1S/C18H23N5O/c1-12(2)15-9-23(10-17(24)21(3)4)16-7-6-13(8-14(15)16)18-19-11-22(5)20-18/h6-9,11-12H,10H2,1-5H3. The molecule has 0 saturated carbocycles. The van der Waals surface area contributed by atoms with E-state index in [0.717, 1.165) is 16.5 Å². The molecule has 1 amide bonds. The number of nitrogens with zero attached hydrogens (tertiary/aromatic N) is 5. The highest BCUT2D eigenvalue weighted by Crippen LogP contribution is 2.30. The van der Waals surface area contributed by atoms with Crippen molar-refractivity contribution in [1.82, 2.24) is 24.2 Å². The number of carbonyl (C=O) groups excluding carboxylic acids is 1. The minimum Gasteiger partial charge on any atom is -0.347 e. The average molecular weight is 325 g/mol. The smallest absolute Gasteiger partial charge is 0.241 e. The maximum atomic E-state index is 12.1. The number of hydrogen-bond donors (Lipinski definition) is 0. The predicted octanol–water partition coefficient (Wildman–Crippen LogP) is 2.65. The number of amides is 1. The molecule has 0 fully saturated rings. The molecule has 0 aliphatic heterocycles. The Morgan fingerprint density at radius 3 is 2.62 bits per heavy atom. The molecule has 0 N–H and O–H groups in total. The molecule has 0 aliphatic rings. The van der Waals surface area contributed by atoms with Crippen LogP contribution in [0.1, 0.15) is 25.3 Å². The van der Waals surface area contributed by atoms with Crippen LogP contribution in [0.3, 0.4) is 0 Å². The fourth-order valence-corrected chi connectivity index (χ4v) is 2.81. The van der Waals surface area contributed by atoms with Gasteiger partial charge in [-0.15, -0.1) is 0 Å². The number of aryl methyl sites for hydroxylation is 1. The summed E-state index contributed by atoms with van der Waals surface area (Å²) >= 11 is 0. The number of likely N-dealkylation sites (N-methyl/N-ethyl adjacent to an activating group) is 1. The second-order valence-corrected chi connectivity index (χ2v) is 6.63. The summed E-state index contributed by atoms with van der Waals surface area (Å²) in [5.41, 5.74) is 3.28. The first-order valence-electron chi connectivity index (χ1n) is 8.05. The molecule has 2 heterocycles. The molecule has 1 aromatic carbocycles. The summed E-state index contributed by atoms with van der Waals surface area (Å²) in [6.45, 7) is 4.68. The van der Waals surface area contributed by atoms with Crippen LogP contribution < -0.4 is 0 Å². The van der Waals surface area contributed by atoms with Gasteiger partial charge in [-0.3, -0.25) is 9.48 Å². The van der Waals surface area contributed by atoms with Gasteiger partial charge in [0.2, 0.25) is 5.91 Å². The Morgan fingerprint density at radius 2 is 2.04 bits per heavy atom. The molecule has 6 heteroatoms. The summed E-state index contributed by atoms with van der Waals surface area (Å²) < 4.78 is 3.73. The first kappa shape index (κ1) is 16.2. The quantitative estimate of drug-likeness (QED) is 0.741. The molecule has 0 radical (unpaired) electrons. The Balaban J connectivity index is 2.11. The normalized spacial score (nSPS) is 11.4. The maximum Gasteiger partial charge on any atom is 0.241 e. The van der Waals surface area contributed by atoms with Crippen molar-refractivity contribution in [3.63, 3.8) is 0 Å². The van der Waals surface area contributed by atoms with E-state index in [4.69, 9.17) is 0 Å². The van der Waals surface area contributed by atoms with Gasteiger partial charge in [0.25, 0.3) is 0 Å². The van der Waals surface area contributed by atoms with Crippen molar-refractivity contribution < 1.29 is 4.79 Å². The summed E-state index contributed by atoms with van der Waals surface area (Å²) in [4.78, 5) is 18.1. The predicted molar refractivity (Wildman–Crippen MR) is 94.7 cm³/mol. The zero-order chi connectivity index (χ0) is 17.4. The van der Waals surface area contributed by atoms with E-state index in [2.05, 4.69) is 42.3 Å². The first-order valence-corrected chi connectivity index (χ1v) is 8.05. The molecule has 0 aliphatic carbocycles. The fraction of sp³-hybridized carbons (Fsp3) is 0.389. The Hall–Kier alpha value is -2.63. The summed E-state index contributed by atoms with van der Waals surface area (Å²) in [5, 5.41) is 5.53. The van der Waals surface area contributed by atoms with Crippen molar-refractivity contribution in [2.24, 2.45) is 7.05 Å². The van der Waals surface area contributed by atoms with E-state index in [1.54, 1.807) is 30.0 Å². The van der Waals surface area contributed by atoms with Crippen LogP contribution in [0.5, 0.6) is 0 Å². The lowest BCUT2D eigenvalue weighted by atomic mass is 10.0. The molecule has 6 nitrogen and oxygen atoms in total. The van der Waals surface area contributed by atoms with Crippen LogP contribution in [0.2, 0.25) is 0 Å². The van der Waals surface area contributed by atoms with Crippen molar-refractivity contribution in [2.45, 2.75) is 26.3 Å². The average Bonchev–Trinajstić information content (AvgIpc) is 3.11. The van der Waals surface area contributed by atoms with E-state index in [-0.39, 0.29) is 5.91 Å². The van der Waals surface area contributed by atoms with Crippen LogP contribution in [0.4, 0.5) is 0 Å². The van der Waals surface area contributed by atoms with Gasteiger partial charge >= 0.3 is 0 Å². The van der Waals surface area contributed by atoms with Gasteiger partial charge in [-0.2, -0.15) is 5.10 Å². The Morgan fingerprint density at radius 1 is 1.29 bits per heavy atom. The van der Waals surface area contributed by atoms with Gasteiger partial charge in [-0.1, -0.05) is 13.8 Å². The minimum absolute atomic E-state index is 0.0812. The molecule has 0 saturated heterocycles. The van der Waals surface area contributed by atoms with Gasteiger partial charge in [0.05, 0.1) is 0 Å². The molecule has 0 atom stereocenters. The monoisotopic (exact) mass is 325 g/mol. The number of carbonyl (C=O) groups is 1. The largest absolute Gasteiger partial charge is 0.347 e. The molecular weight excluding hydrogens is 302 g/mol. The molecule has 0 unspecified atom stereocenters. The Kier molecular flexibility index (Phi) is 4.13. The summed E-state index contributed by atoms with van der Waals surface area (Å²) in [5.74, 6) is 1.17. The number of benzene rings is 1. The van der Waals surface area contributed by atoms with Gasteiger partial charge in [-0.25, -0.2) is 4.98 Å². The highest BCUT2D eigenvalue weighted by molar-refractivity contribution is 5.89. The molecule has 24 heavy (non-hydrogen) atoms. The molecule has 2 aromatic heterocycles. The van der Waals surface area contributed by atoms with Gasteiger partial charge in [-0.05, 0) is 29.7 Å². The molecule has 3 aromatic rings. The van der Waals surface area contributed by atoms with E-state index in [9.17, 15) is 4.79 Å². The highest BCUT2D eigenvalue weighted by atomic mass is 16.2. The molecule has 3 rings (SSSR count). The first-order chi connectivity index (χ1) is 11.4. The lowest BCUT2D eigenvalue weighted by Crippen LogP contribution is -2.25. The Labute approximate surface area is 141 Å². The van der Waals surface area contributed by atoms with E-state index in [1.807, 2.05) is 17.7 Å². The van der Waals surface area contributed by atoms with Crippen molar-refractivity contribution in [1.29, 1.82) is 0 Å². The third-order valence-electron chi connectivity index (χ3n) is 4.20. The van der Waals surface area contributed by atoms with Crippen LogP contribution in [-0.4, -0.2) is 44.2 Å². The van der Waals surface area contributed by atoms with Crippen LogP contribution in [0, 0.1) is 0 Å². The third-order valence-corrected chi connectivity index (χ3v) is 4.20. The summed E-state index contributed by atoms with van der Waals surface area (Å²) in [6, 6.07) is 6.19. The van der Waals surface area contributed by atoms with Crippen LogP contribution in [0.15, 0.2) is 30.7 Å². The summed E-state index contributed by atoms with van der Waals surface area (Å²) in [6.07, 6.45) is 3.79. The fourth-order valence-electron chi connectivity index (χ4n) is 2.81. The molecule has 0 bridgehead atoms.